The van der Waals surface area contributed by atoms with Gasteiger partial charge < -0.3 is 10.2 Å². The van der Waals surface area contributed by atoms with Crippen LogP contribution in [0.1, 0.15) is 43.5 Å². The van der Waals surface area contributed by atoms with Crippen LogP contribution in [0.5, 0.6) is 0 Å². The maximum absolute atomic E-state index is 12.1. The number of hydrogen-bond donors (Lipinski definition) is 1. The lowest BCUT2D eigenvalue weighted by atomic mass is 10.1. The van der Waals surface area contributed by atoms with Crippen molar-refractivity contribution in [1.82, 2.24) is 25.0 Å². The number of nitrogens with zero attached hydrogens (tertiary/aromatic N) is 4. The average molecular weight is 533 g/mol. The Bertz CT molecular complexity index is 1100. The zero-order valence-electron chi connectivity index (χ0n) is 19.8. The van der Waals surface area contributed by atoms with Crippen LogP contribution in [0.2, 0.25) is 10.0 Å². The smallest absolute Gasteiger partial charge is 0.220 e. The van der Waals surface area contributed by atoms with Crippen LogP contribution in [-0.4, -0.2) is 57.5 Å². The van der Waals surface area contributed by atoms with E-state index in [4.69, 9.17) is 23.2 Å². The molecule has 1 N–H and O–H groups in total. The van der Waals surface area contributed by atoms with Crippen LogP contribution in [-0.2, 0) is 11.2 Å². The van der Waals surface area contributed by atoms with Crippen molar-refractivity contribution in [2.45, 2.75) is 43.7 Å². The number of halogens is 2. The highest BCUT2D eigenvalue weighted by molar-refractivity contribution is 7.99. The van der Waals surface area contributed by atoms with Gasteiger partial charge >= 0.3 is 0 Å². The topological polar surface area (TPSA) is 63.1 Å². The van der Waals surface area contributed by atoms with E-state index in [1.807, 2.05) is 34.9 Å². The second-order valence-corrected chi connectivity index (χ2v) is 10.6. The summed E-state index contributed by atoms with van der Waals surface area (Å²) in [5.74, 6) is 1.83. The van der Waals surface area contributed by atoms with Crippen LogP contribution in [0.4, 0.5) is 0 Å². The summed E-state index contributed by atoms with van der Waals surface area (Å²) in [6.45, 7) is 4.02. The molecule has 0 unspecified atom stereocenters. The van der Waals surface area contributed by atoms with E-state index in [1.54, 1.807) is 17.8 Å². The Balaban J connectivity index is 1.31. The van der Waals surface area contributed by atoms with E-state index in [0.717, 1.165) is 67.0 Å². The van der Waals surface area contributed by atoms with E-state index in [-0.39, 0.29) is 5.91 Å². The molecule has 0 saturated carbocycles. The number of unbranched alkanes of at least 4 members (excludes halogenated alkanes) is 1. The minimum absolute atomic E-state index is 0.137. The van der Waals surface area contributed by atoms with E-state index in [2.05, 4.69) is 32.5 Å². The highest BCUT2D eigenvalue weighted by atomic mass is 35.5. The summed E-state index contributed by atoms with van der Waals surface area (Å²) in [7, 11) is 0. The summed E-state index contributed by atoms with van der Waals surface area (Å²) in [6, 6.07) is 15.8. The summed E-state index contributed by atoms with van der Waals surface area (Å²) >= 11 is 14.1. The number of thioether (sulfide) groups is 1. The molecule has 1 amide bonds. The number of benzene rings is 2. The minimum Gasteiger partial charge on any atom is -0.355 e. The van der Waals surface area contributed by atoms with E-state index in [0.29, 0.717) is 22.9 Å². The molecule has 0 aliphatic carbocycles. The molecule has 0 radical (unpaired) electrons. The van der Waals surface area contributed by atoms with E-state index >= 15 is 0 Å². The normalized spacial score (nSPS) is 13.9. The highest BCUT2D eigenvalue weighted by Crippen LogP contribution is 2.29. The third-order valence-corrected chi connectivity index (χ3v) is 7.80. The van der Waals surface area contributed by atoms with E-state index in [9.17, 15) is 4.79 Å². The van der Waals surface area contributed by atoms with Crippen molar-refractivity contribution in [3.05, 3.63) is 70.0 Å². The molecule has 0 bridgehead atoms. The summed E-state index contributed by atoms with van der Waals surface area (Å²) in [5.41, 5.74) is 2.05. The van der Waals surface area contributed by atoms with Gasteiger partial charge in [-0.25, -0.2) is 0 Å². The first-order valence-electron chi connectivity index (χ1n) is 12.2. The van der Waals surface area contributed by atoms with Gasteiger partial charge in [0.15, 0.2) is 5.16 Å². The third kappa shape index (κ3) is 7.71. The van der Waals surface area contributed by atoms with E-state index in [1.165, 1.54) is 12.8 Å². The molecule has 6 nitrogen and oxygen atoms in total. The van der Waals surface area contributed by atoms with Crippen LogP contribution < -0.4 is 5.32 Å². The summed E-state index contributed by atoms with van der Waals surface area (Å²) < 4.78 is 2.05. The largest absolute Gasteiger partial charge is 0.355 e. The molecule has 9 heteroatoms. The zero-order chi connectivity index (χ0) is 24.5. The first-order chi connectivity index (χ1) is 17.1. The van der Waals surface area contributed by atoms with Crippen molar-refractivity contribution in [1.29, 1.82) is 0 Å². The van der Waals surface area contributed by atoms with Gasteiger partial charge in [-0.2, -0.15) is 0 Å². The van der Waals surface area contributed by atoms with Crippen LogP contribution in [0, 0.1) is 0 Å². The predicted octanol–water partition coefficient (Wildman–Crippen LogP) is 5.64. The molecule has 3 aromatic rings. The van der Waals surface area contributed by atoms with Gasteiger partial charge in [-0.3, -0.25) is 9.36 Å². The van der Waals surface area contributed by atoms with Crippen LogP contribution in [0.25, 0.3) is 5.69 Å². The second kappa shape index (κ2) is 13.3. The molecule has 1 aliphatic rings. The fourth-order valence-electron chi connectivity index (χ4n) is 4.17. The second-order valence-electron chi connectivity index (χ2n) is 8.70. The number of hydrogen-bond acceptors (Lipinski definition) is 5. The molecule has 35 heavy (non-hydrogen) atoms. The van der Waals surface area contributed by atoms with Gasteiger partial charge in [0.2, 0.25) is 5.91 Å². The van der Waals surface area contributed by atoms with Crippen LogP contribution in [0.15, 0.2) is 53.7 Å². The van der Waals surface area contributed by atoms with Gasteiger partial charge in [-0.1, -0.05) is 65.3 Å². The molecule has 1 aliphatic heterocycles. The lowest BCUT2D eigenvalue weighted by Crippen LogP contribution is -2.33. The Hall–Kier alpha value is -2.06. The van der Waals surface area contributed by atoms with Gasteiger partial charge in [-0.15, -0.1) is 10.2 Å². The maximum atomic E-state index is 12.1. The fraction of sp³-hybridized carbons (Fsp3) is 0.423. The predicted molar refractivity (Wildman–Crippen MR) is 144 cm³/mol. The number of aromatic nitrogens is 3. The SMILES string of the molecule is O=C(CCCCSc1nnc(Cc2ccccc2)n1-c1ccc(Cl)c(Cl)c1)NCCN1CCCC1. The first kappa shape index (κ1) is 26.0. The average Bonchev–Trinajstić information content (AvgIpc) is 3.52. The monoisotopic (exact) mass is 531 g/mol. The molecule has 186 valence electrons. The van der Waals surface area contributed by atoms with Crippen molar-refractivity contribution in [2.75, 3.05) is 31.9 Å². The minimum atomic E-state index is 0.137. The number of likely N-dealkylation sites (tertiary alicyclic amines) is 1. The Labute approximate surface area is 221 Å². The molecule has 0 atom stereocenters. The van der Waals surface area contributed by atoms with Crippen LogP contribution in [0.3, 0.4) is 0 Å². The van der Waals surface area contributed by atoms with Gasteiger partial charge in [-0.05, 0) is 62.5 Å². The number of carbonyl (C=O) groups excluding carboxylic acids is 1. The van der Waals surface area contributed by atoms with Gasteiger partial charge in [0.05, 0.1) is 15.7 Å². The third-order valence-electron chi connectivity index (χ3n) is 6.05. The molecular weight excluding hydrogens is 501 g/mol. The first-order valence-corrected chi connectivity index (χ1v) is 13.9. The van der Waals surface area contributed by atoms with Crippen molar-refractivity contribution < 1.29 is 4.79 Å². The molecule has 1 aromatic heterocycles. The molecule has 2 aromatic carbocycles. The number of nitrogens with one attached hydrogen (secondary N) is 1. The highest BCUT2D eigenvalue weighted by Gasteiger charge is 2.16. The van der Waals surface area contributed by atoms with Crippen molar-refractivity contribution in [3.63, 3.8) is 0 Å². The molecule has 4 rings (SSSR count). The van der Waals surface area contributed by atoms with Gasteiger partial charge in [0.25, 0.3) is 0 Å². The Kier molecular flexibility index (Phi) is 9.89. The number of amides is 1. The molecule has 1 saturated heterocycles. The Morgan fingerprint density at radius 3 is 2.57 bits per heavy atom. The molecule has 2 heterocycles. The molecule has 1 fully saturated rings. The van der Waals surface area contributed by atoms with Crippen molar-refractivity contribution >= 4 is 40.9 Å². The van der Waals surface area contributed by atoms with Crippen molar-refractivity contribution in [3.8, 4) is 5.69 Å². The molecule has 0 spiro atoms. The van der Waals surface area contributed by atoms with Gasteiger partial charge in [0.1, 0.15) is 5.82 Å². The molecular formula is C26H31Cl2N5OS. The van der Waals surface area contributed by atoms with Crippen LogP contribution >= 0.6 is 35.0 Å². The summed E-state index contributed by atoms with van der Waals surface area (Å²) in [6.07, 6.45) is 5.54. The lowest BCUT2D eigenvalue weighted by molar-refractivity contribution is -0.121. The Morgan fingerprint density at radius 1 is 1.00 bits per heavy atom. The zero-order valence-corrected chi connectivity index (χ0v) is 22.1. The maximum Gasteiger partial charge on any atom is 0.220 e. The van der Waals surface area contributed by atoms with Crippen molar-refractivity contribution in [2.24, 2.45) is 0 Å². The number of carbonyl (C=O) groups is 1. The standard InChI is InChI=1S/C26H31Cl2N5OS/c27-22-12-11-21(19-23(22)28)33-24(18-20-8-2-1-3-9-20)30-31-26(33)35-17-7-4-10-25(34)29-13-16-32-14-5-6-15-32/h1-3,8-9,11-12,19H,4-7,10,13-18H2,(H,29,34). The quantitative estimate of drug-likeness (QED) is 0.242. The summed E-state index contributed by atoms with van der Waals surface area (Å²) in [5, 5.41) is 13.8. The lowest BCUT2D eigenvalue weighted by Gasteiger charge is -2.14. The van der Waals surface area contributed by atoms with E-state index < -0.39 is 0 Å². The fourth-order valence-corrected chi connectivity index (χ4v) is 5.43. The Morgan fingerprint density at radius 2 is 1.80 bits per heavy atom. The number of rotatable bonds is 12. The van der Waals surface area contributed by atoms with Gasteiger partial charge in [0, 0.05) is 31.7 Å². The summed E-state index contributed by atoms with van der Waals surface area (Å²) in [4.78, 5) is 14.5.